The zero-order valence-electron chi connectivity index (χ0n) is 8.22. The standard InChI is InChI=1S/C8H8N8/c9-3-6-11-1-2-15(6)8-5-10-4-7-12-13-14-16(7)8/h1-2,4-5H,3,9H2. The van der Waals surface area contributed by atoms with E-state index in [4.69, 9.17) is 5.73 Å². The number of fused-ring (bicyclic) bond motifs is 1. The largest absolute Gasteiger partial charge is 0.324 e. The number of rotatable bonds is 2. The first-order valence-electron chi connectivity index (χ1n) is 4.65. The summed E-state index contributed by atoms with van der Waals surface area (Å²) in [6, 6.07) is 0. The molecule has 3 aromatic heterocycles. The maximum atomic E-state index is 5.59. The molecule has 8 nitrogen and oxygen atoms in total. The Morgan fingerprint density at radius 3 is 3.12 bits per heavy atom. The molecule has 0 aliphatic rings. The Labute approximate surface area is 89.7 Å². The highest BCUT2D eigenvalue weighted by atomic mass is 15.5. The number of nitrogens with zero attached hydrogens (tertiary/aromatic N) is 7. The van der Waals surface area contributed by atoms with Crippen molar-refractivity contribution in [3.63, 3.8) is 0 Å². The summed E-state index contributed by atoms with van der Waals surface area (Å²) in [6.45, 7) is 0.339. The lowest BCUT2D eigenvalue weighted by molar-refractivity contribution is 0.760. The van der Waals surface area contributed by atoms with Crippen LogP contribution in [0.4, 0.5) is 0 Å². The van der Waals surface area contributed by atoms with Gasteiger partial charge in [0, 0.05) is 12.4 Å². The summed E-state index contributed by atoms with van der Waals surface area (Å²) in [5, 5.41) is 11.3. The zero-order chi connectivity index (χ0) is 11.0. The molecule has 0 spiro atoms. The molecule has 0 atom stereocenters. The molecule has 8 heteroatoms. The second-order valence-electron chi connectivity index (χ2n) is 3.13. The lowest BCUT2D eigenvalue weighted by Crippen LogP contribution is -2.10. The molecule has 2 N–H and O–H groups in total. The predicted octanol–water partition coefficient (Wildman–Crippen LogP) is -0.836. The SMILES string of the molecule is NCc1nccn1-c1cncc2nnnn12. The van der Waals surface area contributed by atoms with Crippen molar-refractivity contribution in [3.8, 4) is 5.82 Å². The molecule has 0 aromatic carbocycles. The van der Waals surface area contributed by atoms with Crippen LogP contribution in [0.25, 0.3) is 11.5 Å². The third kappa shape index (κ3) is 1.17. The third-order valence-corrected chi connectivity index (χ3v) is 2.24. The molecule has 3 heterocycles. The molecule has 0 bridgehead atoms. The summed E-state index contributed by atoms with van der Waals surface area (Å²) in [6.07, 6.45) is 6.71. The van der Waals surface area contributed by atoms with E-state index in [1.54, 1.807) is 33.9 Å². The van der Waals surface area contributed by atoms with E-state index in [1.807, 2.05) is 0 Å². The highest BCUT2D eigenvalue weighted by Crippen LogP contribution is 2.09. The summed E-state index contributed by atoms with van der Waals surface area (Å²) >= 11 is 0. The molecule has 3 aromatic rings. The van der Waals surface area contributed by atoms with Crippen LogP contribution in [0, 0.1) is 0 Å². The van der Waals surface area contributed by atoms with Gasteiger partial charge in [0.2, 0.25) is 0 Å². The van der Waals surface area contributed by atoms with Crippen LogP contribution >= 0.6 is 0 Å². The van der Waals surface area contributed by atoms with Crippen molar-refractivity contribution in [3.05, 3.63) is 30.6 Å². The lowest BCUT2D eigenvalue weighted by atomic mass is 10.5. The predicted molar refractivity (Wildman–Crippen MR) is 53.6 cm³/mol. The Balaban J connectivity index is 2.29. The van der Waals surface area contributed by atoms with Crippen molar-refractivity contribution in [2.24, 2.45) is 5.73 Å². The van der Waals surface area contributed by atoms with E-state index in [1.165, 1.54) is 0 Å². The number of nitrogens with two attached hydrogens (primary N) is 1. The van der Waals surface area contributed by atoms with Crippen molar-refractivity contribution in [1.82, 2.24) is 34.6 Å². The van der Waals surface area contributed by atoms with Crippen LogP contribution in [0.5, 0.6) is 0 Å². The Morgan fingerprint density at radius 2 is 2.25 bits per heavy atom. The van der Waals surface area contributed by atoms with Gasteiger partial charge in [-0.2, -0.15) is 4.52 Å². The van der Waals surface area contributed by atoms with Gasteiger partial charge in [-0.1, -0.05) is 0 Å². The Kier molecular flexibility index (Phi) is 1.87. The van der Waals surface area contributed by atoms with Gasteiger partial charge in [0.25, 0.3) is 0 Å². The van der Waals surface area contributed by atoms with Crippen LogP contribution in [-0.4, -0.2) is 34.6 Å². The van der Waals surface area contributed by atoms with Gasteiger partial charge < -0.3 is 5.73 Å². The minimum absolute atomic E-state index is 0.339. The Morgan fingerprint density at radius 1 is 1.31 bits per heavy atom. The normalized spacial score (nSPS) is 11.1. The molecule has 0 amide bonds. The van der Waals surface area contributed by atoms with Gasteiger partial charge >= 0.3 is 0 Å². The van der Waals surface area contributed by atoms with Crippen LogP contribution in [0.1, 0.15) is 5.82 Å². The van der Waals surface area contributed by atoms with Crippen LogP contribution in [-0.2, 0) is 6.54 Å². The molecular formula is C8H8N8. The van der Waals surface area contributed by atoms with Gasteiger partial charge in [-0.3, -0.25) is 9.55 Å². The van der Waals surface area contributed by atoms with Crippen LogP contribution < -0.4 is 5.73 Å². The maximum Gasteiger partial charge on any atom is 0.199 e. The average Bonchev–Trinajstić information content (AvgIpc) is 2.96. The van der Waals surface area contributed by atoms with Gasteiger partial charge in [0.15, 0.2) is 11.5 Å². The zero-order valence-corrected chi connectivity index (χ0v) is 8.22. The van der Waals surface area contributed by atoms with Gasteiger partial charge in [0.05, 0.1) is 18.9 Å². The summed E-state index contributed by atoms with van der Waals surface area (Å²) in [7, 11) is 0. The fourth-order valence-electron chi connectivity index (χ4n) is 1.52. The summed E-state index contributed by atoms with van der Waals surface area (Å²) in [5.74, 6) is 1.44. The molecule has 0 radical (unpaired) electrons. The molecule has 0 saturated heterocycles. The Bertz CT molecular complexity index is 624. The number of hydrogen-bond donors (Lipinski definition) is 1. The number of hydrogen-bond acceptors (Lipinski definition) is 6. The fourth-order valence-corrected chi connectivity index (χ4v) is 1.52. The van der Waals surface area contributed by atoms with Crippen molar-refractivity contribution in [2.45, 2.75) is 6.54 Å². The molecule has 0 fully saturated rings. The van der Waals surface area contributed by atoms with Crippen molar-refractivity contribution < 1.29 is 0 Å². The number of aromatic nitrogens is 7. The van der Waals surface area contributed by atoms with E-state index in [-0.39, 0.29) is 0 Å². The second kappa shape index (κ2) is 3.35. The first kappa shape index (κ1) is 8.92. The van der Waals surface area contributed by atoms with E-state index in [0.717, 1.165) is 5.82 Å². The molecule has 16 heavy (non-hydrogen) atoms. The van der Waals surface area contributed by atoms with Crippen molar-refractivity contribution in [2.75, 3.05) is 0 Å². The van der Waals surface area contributed by atoms with Gasteiger partial charge in [-0.05, 0) is 10.4 Å². The van der Waals surface area contributed by atoms with E-state index in [2.05, 4.69) is 25.5 Å². The summed E-state index contributed by atoms with van der Waals surface area (Å²) in [4.78, 5) is 8.19. The van der Waals surface area contributed by atoms with Crippen LogP contribution in [0.15, 0.2) is 24.8 Å². The van der Waals surface area contributed by atoms with E-state index >= 15 is 0 Å². The smallest absolute Gasteiger partial charge is 0.199 e. The lowest BCUT2D eigenvalue weighted by Gasteiger charge is -2.05. The molecule has 80 valence electrons. The summed E-state index contributed by atoms with van der Waals surface area (Å²) < 4.78 is 3.38. The highest BCUT2D eigenvalue weighted by Gasteiger charge is 2.09. The van der Waals surface area contributed by atoms with Gasteiger partial charge in [-0.25, -0.2) is 4.98 Å². The average molecular weight is 216 g/mol. The minimum atomic E-state index is 0.339. The maximum absolute atomic E-state index is 5.59. The molecule has 0 aliphatic carbocycles. The first-order chi connectivity index (χ1) is 7.90. The fraction of sp³-hybridized carbons (Fsp3) is 0.125. The third-order valence-electron chi connectivity index (χ3n) is 2.24. The highest BCUT2D eigenvalue weighted by molar-refractivity contribution is 5.38. The van der Waals surface area contributed by atoms with Crippen molar-refractivity contribution >= 4 is 5.65 Å². The quantitative estimate of drug-likeness (QED) is 0.599. The topological polar surface area (TPSA) is 99.8 Å². The summed E-state index contributed by atoms with van der Waals surface area (Å²) in [5.41, 5.74) is 6.17. The molecule has 3 rings (SSSR count). The second-order valence-corrected chi connectivity index (χ2v) is 3.13. The monoisotopic (exact) mass is 216 g/mol. The molecule has 0 unspecified atom stereocenters. The first-order valence-corrected chi connectivity index (χ1v) is 4.65. The number of tetrazole rings is 1. The molecule has 0 aliphatic heterocycles. The minimum Gasteiger partial charge on any atom is -0.324 e. The van der Waals surface area contributed by atoms with Crippen LogP contribution in [0.2, 0.25) is 0 Å². The van der Waals surface area contributed by atoms with Crippen LogP contribution in [0.3, 0.4) is 0 Å². The number of imidazole rings is 1. The van der Waals surface area contributed by atoms with E-state index in [0.29, 0.717) is 18.0 Å². The van der Waals surface area contributed by atoms with E-state index < -0.39 is 0 Å². The van der Waals surface area contributed by atoms with Crippen molar-refractivity contribution in [1.29, 1.82) is 0 Å². The molecule has 0 saturated carbocycles. The van der Waals surface area contributed by atoms with Gasteiger partial charge in [0.1, 0.15) is 5.82 Å². The van der Waals surface area contributed by atoms with Gasteiger partial charge in [-0.15, -0.1) is 5.10 Å². The van der Waals surface area contributed by atoms with E-state index in [9.17, 15) is 0 Å². The molecular weight excluding hydrogens is 208 g/mol. The Hall–Kier alpha value is -2.35.